The minimum Gasteiger partial charge on any atom is -0.467 e. The van der Waals surface area contributed by atoms with Crippen LogP contribution in [0, 0.1) is 13.8 Å². The first-order valence-corrected chi connectivity index (χ1v) is 11.9. The van der Waals surface area contributed by atoms with Gasteiger partial charge in [-0.2, -0.15) is 0 Å². The van der Waals surface area contributed by atoms with E-state index in [2.05, 4.69) is 5.32 Å². The minimum absolute atomic E-state index is 0.115. The number of nitrogens with zero attached hydrogens (tertiary/aromatic N) is 3. The number of carbonyl (C=O) groups is 1. The molecule has 7 nitrogen and oxygen atoms in total. The Morgan fingerprint density at radius 2 is 1.97 bits per heavy atom. The van der Waals surface area contributed by atoms with Crippen LogP contribution in [0.5, 0.6) is 0 Å². The highest BCUT2D eigenvalue weighted by Gasteiger charge is 2.18. The smallest absolute Gasteiger partial charge is 0.263 e. The summed E-state index contributed by atoms with van der Waals surface area (Å²) in [6.45, 7) is 4.19. The normalized spacial score (nSPS) is 11.1. The lowest BCUT2D eigenvalue weighted by molar-refractivity contribution is -0.113. The van der Waals surface area contributed by atoms with Crippen LogP contribution in [0.1, 0.15) is 16.2 Å². The fourth-order valence-electron chi connectivity index (χ4n) is 3.29. The van der Waals surface area contributed by atoms with Crippen molar-refractivity contribution in [3.8, 4) is 0 Å². The Balaban J connectivity index is 1.57. The van der Waals surface area contributed by atoms with Gasteiger partial charge in [0.2, 0.25) is 5.91 Å². The highest BCUT2D eigenvalue weighted by atomic mass is 32.2. The molecule has 0 saturated carbocycles. The summed E-state index contributed by atoms with van der Waals surface area (Å²) in [5, 5.41) is 4.03. The molecule has 3 aromatic heterocycles. The van der Waals surface area contributed by atoms with Gasteiger partial charge in [0, 0.05) is 30.3 Å². The standard InChI is InChI=1S/C23H24N4O3S2/c1-14-15(2)32-21-20(14)22(29)27(12-18-6-5-11-30-18)23(25-21)31-13-19(28)24-16-7-9-17(10-8-16)26(3)4/h5-11H,12-13H2,1-4H3,(H,24,28). The van der Waals surface area contributed by atoms with Gasteiger partial charge in [-0.1, -0.05) is 11.8 Å². The van der Waals surface area contributed by atoms with Gasteiger partial charge in [-0.05, 0) is 55.8 Å². The van der Waals surface area contributed by atoms with Gasteiger partial charge in [0.15, 0.2) is 5.16 Å². The molecule has 1 aromatic carbocycles. The minimum atomic E-state index is -0.162. The van der Waals surface area contributed by atoms with Crippen LogP contribution in [-0.2, 0) is 11.3 Å². The number of anilines is 2. The van der Waals surface area contributed by atoms with Crippen LogP contribution in [-0.4, -0.2) is 35.3 Å². The molecule has 0 spiro atoms. The molecule has 0 bridgehead atoms. The quantitative estimate of drug-likeness (QED) is 0.317. The van der Waals surface area contributed by atoms with Crippen molar-refractivity contribution in [3.05, 3.63) is 69.2 Å². The number of amides is 1. The molecule has 1 amide bonds. The van der Waals surface area contributed by atoms with Gasteiger partial charge >= 0.3 is 0 Å². The molecular weight excluding hydrogens is 444 g/mol. The van der Waals surface area contributed by atoms with Crippen molar-refractivity contribution in [2.24, 2.45) is 0 Å². The number of rotatable bonds is 7. The van der Waals surface area contributed by atoms with Crippen LogP contribution in [0.2, 0.25) is 0 Å². The third kappa shape index (κ3) is 4.58. The number of furan rings is 1. The van der Waals surface area contributed by atoms with Crippen LogP contribution >= 0.6 is 23.1 Å². The number of benzene rings is 1. The lowest BCUT2D eigenvalue weighted by Gasteiger charge is -2.13. The van der Waals surface area contributed by atoms with Gasteiger partial charge in [-0.25, -0.2) is 4.98 Å². The van der Waals surface area contributed by atoms with Crippen molar-refractivity contribution in [1.82, 2.24) is 9.55 Å². The van der Waals surface area contributed by atoms with Crippen molar-refractivity contribution in [1.29, 1.82) is 0 Å². The summed E-state index contributed by atoms with van der Waals surface area (Å²) in [4.78, 5) is 34.4. The van der Waals surface area contributed by atoms with Gasteiger partial charge in [0.25, 0.3) is 5.56 Å². The third-order valence-electron chi connectivity index (χ3n) is 5.15. The second kappa shape index (κ2) is 9.22. The van der Waals surface area contributed by atoms with E-state index in [4.69, 9.17) is 9.40 Å². The zero-order valence-corrected chi connectivity index (χ0v) is 20.0. The van der Waals surface area contributed by atoms with E-state index >= 15 is 0 Å². The molecular formula is C23H24N4O3S2. The van der Waals surface area contributed by atoms with Crippen LogP contribution < -0.4 is 15.8 Å². The molecule has 0 aliphatic rings. The van der Waals surface area contributed by atoms with E-state index in [1.807, 2.05) is 63.2 Å². The van der Waals surface area contributed by atoms with Crippen LogP contribution in [0.4, 0.5) is 11.4 Å². The molecule has 0 aliphatic carbocycles. The average molecular weight is 469 g/mol. The molecule has 0 aliphatic heterocycles. The van der Waals surface area contributed by atoms with Crippen molar-refractivity contribution in [3.63, 3.8) is 0 Å². The second-order valence-electron chi connectivity index (χ2n) is 7.61. The molecule has 3 heterocycles. The van der Waals surface area contributed by atoms with E-state index in [9.17, 15) is 9.59 Å². The summed E-state index contributed by atoms with van der Waals surface area (Å²) >= 11 is 2.74. The SMILES string of the molecule is Cc1sc2nc(SCC(=O)Nc3ccc(N(C)C)cc3)n(Cc3ccco3)c(=O)c2c1C. The number of nitrogens with one attached hydrogen (secondary N) is 1. The topological polar surface area (TPSA) is 80.4 Å². The largest absolute Gasteiger partial charge is 0.467 e. The molecule has 32 heavy (non-hydrogen) atoms. The summed E-state index contributed by atoms with van der Waals surface area (Å²) < 4.78 is 7.04. The lowest BCUT2D eigenvalue weighted by atomic mass is 10.2. The van der Waals surface area contributed by atoms with Crippen LogP contribution in [0.25, 0.3) is 10.2 Å². The first-order valence-electron chi connectivity index (χ1n) is 10.1. The van der Waals surface area contributed by atoms with Crippen molar-refractivity contribution in [2.45, 2.75) is 25.5 Å². The van der Waals surface area contributed by atoms with E-state index in [1.165, 1.54) is 23.1 Å². The molecule has 0 unspecified atom stereocenters. The number of fused-ring (bicyclic) bond motifs is 1. The molecule has 1 N–H and O–H groups in total. The Bertz CT molecular complexity index is 1310. The van der Waals surface area contributed by atoms with Crippen molar-refractivity contribution in [2.75, 3.05) is 30.1 Å². The van der Waals surface area contributed by atoms with Gasteiger partial charge in [0.1, 0.15) is 10.6 Å². The first-order chi connectivity index (χ1) is 15.3. The van der Waals surface area contributed by atoms with E-state index in [0.717, 1.165) is 21.8 Å². The molecule has 4 rings (SSSR count). The zero-order chi connectivity index (χ0) is 22.8. The number of aromatic nitrogens is 2. The third-order valence-corrected chi connectivity index (χ3v) is 7.23. The molecule has 166 valence electrons. The molecule has 0 radical (unpaired) electrons. The Labute approximate surface area is 194 Å². The summed E-state index contributed by atoms with van der Waals surface area (Å²) in [7, 11) is 3.93. The van der Waals surface area contributed by atoms with Crippen LogP contribution in [0.3, 0.4) is 0 Å². The summed E-state index contributed by atoms with van der Waals surface area (Å²) in [6, 6.07) is 11.2. The number of hydrogen-bond donors (Lipinski definition) is 1. The van der Waals surface area contributed by atoms with Gasteiger partial charge in [-0.3, -0.25) is 14.2 Å². The second-order valence-corrected chi connectivity index (χ2v) is 9.75. The Morgan fingerprint density at radius 3 is 2.62 bits per heavy atom. The Hall–Kier alpha value is -3.04. The fraction of sp³-hybridized carbons (Fsp3) is 0.261. The summed E-state index contributed by atoms with van der Waals surface area (Å²) in [5.74, 6) is 0.629. The number of thiophene rings is 1. The van der Waals surface area contributed by atoms with E-state index < -0.39 is 0 Å². The highest BCUT2D eigenvalue weighted by molar-refractivity contribution is 7.99. The van der Waals surface area contributed by atoms with Crippen molar-refractivity contribution < 1.29 is 9.21 Å². The number of hydrogen-bond acceptors (Lipinski definition) is 7. The predicted octanol–water partition coefficient (Wildman–Crippen LogP) is 4.51. The number of aryl methyl sites for hydroxylation is 2. The number of thioether (sulfide) groups is 1. The molecule has 4 aromatic rings. The van der Waals surface area contributed by atoms with Gasteiger partial charge in [-0.15, -0.1) is 11.3 Å². The van der Waals surface area contributed by atoms with E-state index in [0.29, 0.717) is 21.1 Å². The van der Waals surface area contributed by atoms with E-state index in [-0.39, 0.29) is 23.8 Å². The summed E-state index contributed by atoms with van der Waals surface area (Å²) in [5.41, 5.74) is 2.61. The number of carbonyl (C=O) groups excluding carboxylic acids is 1. The Kier molecular flexibility index (Phi) is 6.38. The van der Waals surface area contributed by atoms with Gasteiger partial charge < -0.3 is 14.6 Å². The van der Waals surface area contributed by atoms with Crippen molar-refractivity contribution >= 4 is 50.6 Å². The van der Waals surface area contributed by atoms with E-state index in [1.54, 1.807) is 16.9 Å². The monoisotopic (exact) mass is 468 g/mol. The fourth-order valence-corrected chi connectivity index (χ4v) is 5.16. The lowest BCUT2D eigenvalue weighted by Crippen LogP contribution is -2.24. The molecule has 0 fully saturated rings. The molecule has 0 saturated heterocycles. The first kappa shape index (κ1) is 22.2. The molecule has 9 heteroatoms. The maximum absolute atomic E-state index is 13.3. The summed E-state index contributed by atoms with van der Waals surface area (Å²) in [6.07, 6.45) is 1.58. The average Bonchev–Trinajstić information content (AvgIpc) is 3.37. The van der Waals surface area contributed by atoms with Crippen LogP contribution in [0.15, 0.2) is 57.0 Å². The zero-order valence-electron chi connectivity index (χ0n) is 18.3. The Morgan fingerprint density at radius 1 is 1.22 bits per heavy atom. The predicted molar refractivity (Wildman–Crippen MR) is 131 cm³/mol. The maximum atomic E-state index is 13.3. The maximum Gasteiger partial charge on any atom is 0.263 e. The highest BCUT2D eigenvalue weighted by Crippen LogP contribution is 2.29. The molecule has 0 atom stereocenters. The van der Waals surface area contributed by atoms with Gasteiger partial charge in [0.05, 0.1) is 23.9 Å².